The van der Waals surface area contributed by atoms with Crippen LogP contribution in [-0.2, 0) is 0 Å². The second-order valence-corrected chi connectivity index (χ2v) is 5.97. The third kappa shape index (κ3) is 3.29. The largest absolute Gasteiger partial charge is 0.494 e. The number of nitrogens with zero attached hydrogens (tertiary/aromatic N) is 2. The molecule has 6 heteroatoms. The van der Waals surface area contributed by atoms with Gasteiger partial charge in [0.05, 0.1) is 30.1 Å². The van der Waals surface area contributed by atoms with Gasteiger partial charge in [-0.05, 0) is 38.1 Å². The van der Waals surface area contributed by atoms with Crippen LogP contribution in [0.15, 0.2) is 70.1 Å². The van der Waals surface area contributed by atoms with Gasteiger partial charge in [-0.1, -0.05) is 18.2 Å². The van der Waals surface area contributed by atoms with E-state index in [0.29, 0.717) is 34.8 Å². The normalized spacial score (nSPS) is 10.9. The highest BCUT2D eigenvalue weighted by molar-refractivity contribution is 5.79. The van der Waals surface area contributed by atoms with E-state index in [9.17, 15) is 4.79 Å². The van der Waals surface area contributed by atoms with Crippen molar-refractivity contribution in [2.75, 3.05) is 6.61 Å². The maximum Gasteiger partial charge on any atom is 0.235 e. The van der Waals surface area contributed by atoms with Crippen molar-refractivity contribution in [2.24, 2.45) is 0 Å². The van der Waals surface area contributed by atoms with Crippen LogP contribution in [0.4, 0.5) is 0 Å². The molecule has 0 radical (unpaired) electrons. The van der Waals surface area contributed by atoms with E-state index in [1.807, 2.05) is 37.3 Å². The lowest BCUT2D eigenvalue weighted by Crippen LogP contribution is -2.07. The number of aromatic nitrogens is 2. The van der Waals surface area contributed by atoms with Crippen LogP contribution < -0.4 is 14.9 Å². The molecule has 0 aliphatic heterocycles. The van der Waals surface area contributed by atoms with Crippen LogP contribution in [0.3, 0.4) is 0 Å². The molecule has 6 nitrogen and oxygen atoms in total. The Labute approximate surface area is 155 Å². The van der Waals surface area contributed by atoms with Gasteiger partial charge >= 0.3 is 0 Å². The number of fused-ring (bicyclic) bond motifs is 1. The fraction of sp³-hybridized carbons (Fsp3) is 0.143. The van der Waals surface area contributed by atoms with Gasteiger partial charge in [0.2, 0.25) is 11.2 Å². The van der Waals surface area contributed by atoms with E-state index in [-0.39, 0.29) is 11.2 Å². The van der Waals surface area contributed by atoms with E-state index >= 15 is 0 Å². The molecule has 0 aliphatic rings. The lowest BCUT2D eigenvalue weighted by Gasteiger charge is -2.08. The molecule has 0 bridgehead atoms. The Balaban J connectivity index is 1.69. The molecule has 0 N–H and O–H groups in total. The van der Waals surface area contributed by atoms with Gasteiger partial charge in [-0.3, -0.25) is 4.79 Å². The summed E-state index contributed by atoms with van der Waals surface area (Å²) in [5, 5.41) is 4.72. The maximum absolute atomic E-state index is 12.8. The van der Waals surface area contributed by atoms with Gasteiger partial charge in [-0.25, -0.2) is 4.68 Å². The highest BCUT2D eigenvalue weighted by Gasteiger charge is 2.15. The zero-order valence-electron chi connectivity index (χ0n) is 15.0. The quantitative estimate of drug-likeness (QED) is 0.524. The van der Waals surface area contributed by atoms with E-state index < -0.39 is 0 Å². The van der Waals surface area contributed by atoms with Crippen molar-refractivity contribution in [3.63, 3.8) is 0 Å². The summed E-state index contributed by atoms with van der Waals surface area (Å²) in [6.07, 6.45) is 3.28. The number of ether oxygens (including phenoxy) is 2. The number of hydrogen-bond donors (Lipinski definition) is 0. The Hall–Kier alpha value is -3.54. The standard InChI is InChI=1S/C21H18N2O4/c1-3-25-16-9-10-18-19(11-16)26-14(2)21(20(18)24)27-17-12-22-23(13-17)15-7-5-4-6-8-15/h4-13H,3H2,1-2H3. The zero-order chi connectivity index (χ0) is 18.8. The van der Waals surface area contributed by atoms with Gasteiger partial charge in [0, 0.05) is 6.07 Å². The SMILES string of the molecule is CCOc1ccc2c(=O)c(Oc3cnn(-c4ccccc4)c3)c(C)oc2c1. The topological polar surface area (TPSA) is 66.5 Å². The van der Waals surface area contributed by atoms with Crippen LogP contribution in [0.2, 0.25) is 0 Å². The van der Waals surface area contributed by atoms with Gasteiger partial charge in [-0.2, -0.15) is 5.10 Å². The fourth-order valence-electron chi connectivity index (χ4n) is 2.84. The van der Waals surface area contributed by atoms with Crippen molar-refractivity contribution in [3.05, 3.63) is 76.9 Å². The van der Waals surface area contributed by atoms with Crippen LogP contribution in [0, 0.1) is 6.92 Å². The molecule has 4 aromatic rings. The van der Waals surface area contributed by atoms with Crippen molar-refractivity contribution in [3.8, 4) is 22.9 Å². The summed E-state index contributed by atoms with van der Waals surface area (Å²) in [4.78, 5) is 12.8. The molecule has 0 saturated heterocycles. The minimum Gasteiger partial charge on any atom is -0.494 e. The molecule has 0 amide bonds. The third-order valence-electron chi connectivity index (χ3n) is 4.10. The average molecular weight is 362 g/mol. The minimum absolute atomic E-state index is 0.152. The van der Waals surface area contributed by atoms with Crippen LogP contribution in [-0.4, -0.2) is 16.4 Å². The van der Waals surface area contributed by atoms with Crippen molar-refractivity contribution < 1.29 is 13.9 Å². The average Bonchev–Trinajstić information content (AvgIpc) is 3.15. The summed E-state index contributed by atoms with van der Waals surface area (Å²) in [6, 6.07) is 14.8. The van der Waals surface area contributed by atoms with E-state index in [1.165, 1.54) is 0 Å². The van der Waals surface area contributed by atoms with Gasteiger partial charge in [0.1, 0.15) is 17.1 Å². The molecule has 0 saturated carbocycles. The Morgan fingerprint density at radius 3 is 2.70 bits per heavy atom. The first kappa shape index (κ1) is 16.9. The Morgan fingerprint density at radius 2 is 1.93 bits per heavy atom. The molecule has 4 rings (SSSR count). The van der Waals surface area contributed by atoms with Gasteiger partial charge < -0.3 is 13.9 Å². The van der Waals surface area contributed by atoms with Crippen molar-refractivity contribution in [1.29, 1.82) is 0 Å². The Morgan fingerprint density at radius 1 is 1.11 bits per heavy atom. The minimum atomic E-state index is -0.232. The predicted molar refractivity (Wildman–Crippen MR) is 102 cm³/mol. The molecule has 0 fully saturated rings. The summed E-state index contributed by atoms with van der Waals surface area (Å²) < 4.78 is 18.7. The second kappa shape index (κ2) is 6.99. The zero-order valence-corrected chi connectivity index (χ0v) is 15.0. The summed E-state index contributed by atoms with van der Waals surface area (Å²) in [5.74, 6) is 1.66. The van der Waals surface area contributed by atoms with E-state index in [1.54, 1.807) is 42.2 Å². The van der Waals surface area contributed by atoms with Crippen LogP contribution in [0.1, 0.15) is 12.7 Å². The van der Waals surface area contributed by atoms with Crippen molar-refractivity contribution in [1.82, 2.24) is 9.78 Å². The first-order valence-corrected chi connectivity index (χ1v) is 8.64. The molecule has 0 spiro atoms. The molecule has 136 valence electrons. The number of aryl methyl sites for hydroxylation is 1. The monoisotopic (exact) mass is 362 g/mol. The smallest absolute Gasteiger partial charge is 0.235 e. The van der Waals surface area contributed by atoms with E-state index in [4.69, 9.17) is 13.9 Å². The molecule has 0 unspecified atom stereocenters. The summed E-state index contributed by atoms with van der Waals surface area (Å²) in [6.45, 7) is 4.14. The summed E-state index contributed by atoms with van der Waals surface area (Å²) in [5.41, 5.74) is 1.14. The number of rotatable bonds is 5. The fourth-order valence-corrected chi connectivity index (χ4v) is 2.84. The second-order valence-electron chi connectivity index (χ2n) is 5.97. The lowest BCUT2D eigenvalue weighted by molar-refractivity contribution is 0.340. The molecule has 27 heavy (non-hydrogen) atoms. The maximum atomic E-state index is 12.8. The van der Waals surface area contributed by atoms with E-state index in [0.717, 1.165) is 5.69 Å². The van der Waals surface area contributed by atoms with Crippen molar-refractivity contribution >= 4 is 11.0 Å². The molecule has 0 aliphatic carbocycles. The summed E-state index contributed by atoms with van der Waals surface area (Å²) >= 11 is 0. The summed E-state index contributed by atoms with van der Waals surface area (Å²) in [7, 11) is 0. The van der Waals surface area contributed by atoms with Crippen LogP contribution in [0.5, 0.6) is 17.2 Å². The Bertz CT molecular complexity index is 1150. The van der Waals surface area contributed by atoms with Crippen LogP contribution >= 0.6 is 0 Å². The molecular weight excluding hydrogens is 344 g/mol. The molecule has 2 aromatic heterocycles. The lowest BCUT2D eigenvalue weighted by atomic mass is 10.2. The van der Waals surface area contributed by atoms with E-state index in [2.05, 4.69) is 5.10 Å². The number of hydrogen-bond acceptors (Lipinski definition) is 5. The molecule has 0 atom stereocenters. The number of para-hydroxylation sites is 1. The molecule has 2 heterocycles. The highest BCUT2D eigenvalue weighted by atomic mass is 16.5. The first-order chi connectivity index (χ1) is 13.2. The highest BCUT2D eigenvalue weighted by Crippen LogP contribution is 2.27. The van der Waals surface area contributed by atoms with Crippen LogP contribution in [0.25, 0.3) is 16.7 Å². The predicted octanol–water partition coefficient (Wildman–Crippen LogP) is 4.48. The first-order valence-electron chi connectivity index (χ1n) is 8.64. The number of benzene rings is 2. The van der Waals surface area contributed by atoms with Crippen molar-refractivity contribution in [2.45, 2.75) is 13.8 Å². The Kier molecular flexibility index (Phi) is 4.38. The van der Waals surface area contributed by atoms with Gasteiger partial charge in [-0.15, -0.1) is 0 Å². The molecule has 2 aromatic carbocycles. The van der Waals surface area contributed by atoms with Gasteiger partial charge in [0.15, 0.2) is 5.75 Å². The molecular formula is C21H18N2O4. The third-order valence-corrected chi connectivity index (χ3v) is 4.10. The van der Waals surface area contributed by atoms with Gasteiger partial charge in [0.25, 0.3) is 0 Å².